The largest absolute Gasteiger partial charge is 0.454 e. The first-order valence-electron chi connectivity index (χ1n) is 6.62. The number of nitrogens with one attached hydrogen (secondary N) is 1. The summed E-state index contributed by atoms with van der Waals surface area (Å²) in [7, 11) is -3.49. The van der Waals surface area contributed by atoms with Gasteiger partial charge in [0.15, 0.2) is 11.5 Å². The lowest BCUT2D eigenvalue weighted by molar-refractivity contribution is 0.174. The molecular weight excluding hydrogens is 316 g/mol. The van der Waals surface area contributed by atoms with Gasteiger partial charge in [0, 0.05) is 31.7 Å². The minimum atomic E-state index is -3.49. The number of benzene rings is 1. The van der Waals surface area contributed by atoms with Crippen molar-refractivity contribution in [3.05, 3.63) is 17.7 Å². The van der Waals surface area contributed by atoms with Crippen molar-refractivity contribution >= 4 is 22.4 Å². The van der Waals surface area contributed by atoms with Gasteiger partial charge in [-0.2, -0.15) is 4.31 Å². The van der Waals surface area contributed by atoms with E-state index in [0.717, 1.165) is 0 Å². The van der Waals surface area contributed by atoms with E-state index in [1.807, 2.05) is 6.92 Å². The van der Waals surface area contributed by atoms with E-state index in [0.29, 0.717) is 41.6 Å². The molecular formula is C13H19ClN2O4S. The lowest BCUT2D eigenvalue weighted by Crippen LogP contribution is -2.51. The summed E-state index contributed by atoms with van der Waals surface area (Å²) in [5.41, 5.74) is 0.681. The molecule has 1 atom stereocenters. The van der Waals surface area contributed by atoms with Crippen molar-refractivity contribution in [2.45, 2.75) is 24.8 Å². The molecule has 1 fully saturated rings. The van der Waals surface area contributed by atoms with Gasteiger partial charge in [0.25, 0.3) is 0 Å². The smallest absolute Gasteiger partial charge is 0.243 e. The number of sulfonamides is 1. The Labute approximate surface area is 130 Å². The van der Waals surface area contributed by atoms with Gasteiger partial charge in [-0.15, -0.1) is 12.4 Å². The summed E-state index contributed by atoms with van der Waals surface area (Å²) < 4.78 is 37.6. The van der Waals surface area contributed by atoms with Crippen molar-refractivity contribution in [2.75, 3.05) is 26.4 Å². The van der Waals surface area contributed by atoms with Gasteiger partial charge in [0.1, 0.15) is 0 Å². The highest BCUT2D eigenvalue weighted by Crippen LogP contribution is 2.37. The van der Waals surface area contributed by atoms with Crippen LogP contribution < -0.4 is 14.8 Å². The SMILES string of the molecule is Cc1cc2c(cc1S(=O)(=O)N1CCN[C@@H](C)C1)OCO2.Cl. The molecule has 2 aliphatic heterocycles. The highest BCUT2D eigenvalue weighted by Gasteiger charge is 2.31. The van der Waals surface area contributed by atoms with Crippen LogP contribution in [0.5, 0.6) is 11.5 Å². The Morgan fingerprint density at radius 2 is 1.95 bits per heavy atom. The molecule has 1 saturated heterocycles. The van der Waals surface area contributed by atoms with Gasteiger partial charge in [0.2, 0.25) is 16.8 Å². The summed E-state index contributed by atoms with van der Waals surface area (Å²) in [5, 5.41) is 3.24. The minimum Gasteiger partial charge on any atom is -0.454 e. The minimum absolute atomic E-state index is 0. The maximum absolute atomic E-state index is 12.8. The molecule has 1 aromatic rings. The zero-order chi connectivity index (χ0) is 14.3. The van der Waals surface area contributed by atoms with Crippen molar-refractivity contribution < 1.29 is 17.9 Å². The number of halogens is 1. The molecule has 6 nitrogen and oxygen atoms in total. The van der Waals surface area contributed by atoms with Crippen LogP contribution in [0.15, 0.2) is 17.0 Å². The van der Waals surface area contributed by atoms with Gasteiger partial charge >= 0.3 is 0 Å². The van der Waals surface area contributed by atoms with Gasteiger partial charge in [-0.1, -0.05) is 0 Å². The van der Waals surface area contributed by atoms with Gasteiger partial charge < -0.3 is 14.8 Å². The Balaban J connectivity index is 0.00000161. The van der Waals surface area contributed by atoms with Crippen molar-refractivity contribution in [2.24, 2.45) is 0 Å². The molecule has 0 radical (unpaired) electrons. The number of piperazine rings is 1. The van der Waals surface area contributed by atoms with E-state index in [1.54, 1.807) is 19.1 Å². The van der Waals surface area contributed by atoms with E-state index in [2.05, 4.69) is 5.32 Å². The number of fused-ring (bicyclic) bond motifs is 1. The van der Waals surface area contributed by atoms with Crippen LogP contribution in [-0.2, 0) is 10.0 Å². The van der Waals surface area contributed by atoms with Gasteiger partial charge in [-0.25, -0.2) is 8.42 Å². The highest BCUT2D eigenvalue weighted by molar-refractivity contribution is 7.89. The van der Waals surface area contributed by atoms with E-state index < -0.39 is 10.0 Å². The number of aryl methyl sites for hydroxylation is 1. The predicted octanol–water partition coefficient (Wildman–Crippen LogP) is 1.13. The monoisotopic (exact) mass is 334 g/mol. The van der Waals surface area contributed by atoms with Gasteiger partial charge in [-0.3, -0.25) is 0 Å². The quantitative estimate of drug-likeness (QED) is 0.878. The van der Waals surface area contributed by atoms with Crippen LogP contribution >= 0.6 is 12.4 Å². The van der Waals surface area contributed by atoms with E-state index in [-0.39, 0.29) is 25.2 Å². The molecule has 1 aromatic carbocycles. The van der Waals surface area contributed by atoms with Crippen LogP contribution in [0.4, 0.5) is 0 Å². The lowest BCUT2D eigenvalue weighted by atomic mass is 10.2. The third-order valence-electron chi connectivity index (χ3n) is 3.62. The van der Waals surface area contributed by atoms with E-state index in [9.17, 15) is 8.42 Å². The van der Waals surface area contributed by atoms with Crippen LogP contribution in [-0.4, -0.2) is 45.2 Å². The van der Waals surface area contributed by atoms with Crippen LogP contribution in [0, 0.1) is 6.92 Å². The first-order chi connectivity index (χ1) is 9.48. The molecule has 2 aliphatic rings. The number of hydrogen-bond donors (Lipinski definition) is 1. The fraction of sp³-hybridized carbons (Fsp3) is 0.538. The average molecular weight is 335 g/mol. The van der Waals surface area contributed by atoms with E-state index >= 15 is 0 Å². The number of rotatable bonds is 2. The zero-order valence-electron chi connectivity index (χ0n) is 12.0. The summed E-state index contributed by atoms with van der Waals surface area (Å²) >= 11 is 0. The Morgan fingerprint density at radius 1 is 1.29 bits per heavy atom. The standard InChI is InChI=1S/C13H18N2O4S.ClH/c1-9-5-11-12(19-8-18-11)6-13(9)20(16,17)15-4-3-14-10(2)7-15;/h5-6,10,14H,3-4,7-8H2,1-2H3;1H/t10-;/m0./s1. The molecule has 8 heteroatoms. The van der Waals surface area contributed by atoms with Crippen molar-refractivity contribution in [1.82, 2.24) is 9.62 Å². The lowest BCUT2D eigenvalue weighted by Gasteiger charge is -2.31. The Bertz CT molecular complexity index is 635. The molecule has 0 aromatic heterocycles. The molecule has 0 aliphatic carbocycles. The van der Waals surface area contributed by atoms with Crippen LogP contribution in [0.2, 0.25) is 0 Å². The summed E-state index contributed by atoms with van der Waals surface area (Å²) in [6, 6.07) is 3.45. The molecule has 21 heavy (non-hydrogen) atoms. The van der Waals surface area contributed by atoms with Gasteiger partial charge in [0.05, 0.1) is 4.90 Å². The Hall–Kier alpha value is -1.02. The van der Waals surface area contributed by atoms with E-state index in [1.165, 1.54) is 4.31 Å². The Morgan fingerprint density at radius 3 is 2.62 bits per heavy atom. The second-order valence-corrected chi connectivity index (χ2v) is 7.10. The summed E-state index contributed by atoms with van der Waals surface area (Å²) in [5.74, 6) is 1.10. The fourth-order valence-corrected chi connectivity index (χ4v) is 4.31. The van der Waals surface area contributed by atoms with Gasteiger partial charge in [-0.05, 0) is 25.5 Å². The maximum Gasteiger partial charge on any atom is 0.243 e. The normalized spacial score (nSPS) is 21.9. The third kappa shape index (κ3) is 2.96. The Kier molecular flexibility index (Phi) is 4.67. The molecule has 0 amide bonds. The third-order valence-corrected chi connectivity index (χ3v) is 5.63. The topological polar surface area (TPSA) is 67.9 Å². The first-order valence-corrected chi connectivity index (χ1v) is 8.06. The predicted molar refractivity (Wildman–Crippen MR) is 80.8 cm³/mol. The molecule has 0 saturated carbocycles. The molecule has 0 spiro atoms. The number of ether oxygens (including phenoxy) is 2. The second-order valence-electron chi connectivity index (χ2n) is 5.19. The molecule has 0 bridgehead atoms. The number of nitrogens with zero attached hydrogens (tertiary/aromatic N) is 1. The van der Waals surface area contributed by atoms with Crippen molar-refractivity contribution in [3.63, 3.8) is 0 Å². The molecule has 118 valence electrons. The maximum atomic E-state index is 12.8. The molecule has 3 rings (SSSR count). The molecule has 0 unspecified atom stereocenters. The highest BCUT2D eigenvalue weighted by atomic mass is 35.5. The van der Waals surface area contributed by atoms with Crippen molar-refractivity contribution in [1.29, 1.82) is 0 Å². The fourth-order valence-electron chi connectivity index (χ4n) is 2.56. The van der Waals surface area contributed by atoms with Crippen LogP contribution in [0.3, 0.4) is 0 Å². The van der Waals surface area contributed by atoms with Crippen LogP contribution in [0.1, 0.15) is 12.5 Å². The summed E-state index contributed by atoms with van der Waals surface area (Å²) in [6.45, 7) is 5.54. The number of hydrogen-bond acceptors (Lipinski definition) is 5. The van der Waals surface area contributed by atoms with Crippen LogP contribution in [0.25, 0.3) is 0 Å². The average Bonchev–Trinajstić information content (AvgIpc) is 2.84. The summed E-state index contributed by atoms with van der Waals surface area (Å²) in [6.07, 6.45) is 0. The first kappa shape index (κ1) is 16.4. The van der Waals surface area contributed by atoms with Crippen molar-refractivity contribution in [3.8, 4) is 11.5 Å². The molecule has 1 N–H and O–H groups in total. The molecule has 2 heterocycles. The summed E-state index contributed by atoms with van der Waals surface area (Å²) in [4.78, 5) is 0.302. The van der Waals surface area contributed by atoms with E-state index in [4.69, 9.17) is 9.47 Å². The second kappa shape index (κ2) is 6.00. The zero-order valence-corrected chi connectivity index (χ0v) is 13.6.